The zero-order valence-corrected chi connectivity index (χ0v) is 9.34. The summed E-state index contributed by atoms with van der Waals surface area (Å²) in [5.74, 6) is 5.05. The Hall–Kier alpha value is -1.10. The molecular weight excluding hydrogens is 216 g/mol. The van der Waals surface area contributed by atoms with E-state index in [0.717, 1.165) is 0 Å². The van der Waals surface area contributed by atoms with Crippen LogP contribution in [0.15, 0.2) is 24.3 Å². The molecule has 0 aromatic heterocycles. The smallest absolute Gasteiger partial charge is 0.332 e. The maximum Gasteiger partial charge on any atom is 0.332 e. The standard InChI is InChI=1S/C10H13ClN2O2/c1-10(2,13-12)9(14)15-8-6-4-3-5-7(8)11/h3-6,13H,12H2,1-2H3. The van der Waals surface area contributed by atoms with E-state index in [0.29, 0.717) is 10.8 Å². The first kappa shape index (κ1) is 12.0. The number of carbonyl (C=O) groups is 1. The summed E-state index contributed by atoms with van der Waals surface area (Å²) >= 11 is 5.83. The Balaban J connectivity index is 2.80. The van der Waals surface area contributed by atoms with Crippen LogP contribution in [0.4, 0.5) is 0 Å². The van der Waals surface area contributed by atoms with Gasteiger partial charge in [0.15, 0.2) is 0 Å². The average Bonchev–Trinajstić information content (AvgIpc) is 2.21. The highest BCUT2D eigenvalue weighted by atomic mass is 35.5. The molecule has 0 atom stereocenters. The summed E-state index contributed by atoms with van der Waals surface area (Å²) in [6.07, 6.45) is 0. The van der Waals surface area contributed by atoms with E-state index in [-0.39, 0.29) is 0 Å². The van der Waals surface area contributed by atoms with Crippen molar-refractivity contribution in [3.05, 3.63) is 29.3 Å². The molecule has 1 rings (SSSR count). The van der Waals surface area contributed by atoms with Crippen LogP contribution in [0, 0.1) is 0 Å². The second-order valence-corrected chi connectivity index (χ2v) is 4.00. The molecule has 0 bridgehead atoms. The average molecular weight is 229 g/mol. The SMILES string of the molecule is CC(C)(NN)C(=O)Oc1ccccc1Cl. The van der Waals surface area contributed by atoms with Gasteiger partial charge in [-0.2, -0.15) is 0 Å². The van der Waals surface area contributed by atoms with Gasteiger partial charge in [0.05, 0.1) is 5.02 Å². The molecule has 4 nitrogen and oxygen atoms in total. The van der Waals surface area contributed by atoms with Crippen LogP contribution >= 0.6 is 11.6 Å². The number of para-hydroxylation sites is 1. The van der Waals surface area contributed by atoms with Crippen molar-refractivity contribution in [1.82, 2.24) is 5.43 Å². The van der Waals surface area contributed by atoms with Crippen LogP contribution in [0.2, 0.25) is 5.02 Å². The normalized spacial score (nSPS) is 11.2. The van der Waals surface area contributed by atoms with Gasteiger partial charge in [-0.15, -0.1) is 0 Å². The first-order chi connectivity index (χ1) is 6.97. The van der Waals surface area contributed by atoms with E-state index in [9.17, 15) is 4.79 Å². The Morgan fingerprint density at radius 2 is 2.07 bits per heavy atom. The molecule has 0 radical (unpaired) electrons. The van der Waals surface area contributed by atoms with Gasteiger partial charge >= 0.3 is 5.97 Å². The van der Waals surface area contributed by atoms with Crippen molar-refractivity contribution in [3.8, 4) is 5.75 Å². The molecule has 1 aromatic carbocycles. The van der Waals surface area contributed by atoms with Gasteiger partial charge in [0.1, 0.15) is 11.3 Å². The molecule has 0 saturated heterocycles. The number of carbonyl (C=O) groups excluding carboxylic acids is 1. The Morgan fingerprint density at radius 1 is 1.47 bits per heavy atom. The van der Waals surface area contributed by atoms with Crippen LogP contribution in [-0.2, 0) is 4.79 Å². The first-order valence-corrected chi connectivity index (χ1v) is 4.80. The predicted molar refractivity (Wildman–Crippen MR) is 58.5 cm³/mol. The van der Waals surface area contributed by atoms with Crippen LogP contribution in [0.25, 0.3) is 0 Å². The minimum absolute atomic E-state index is 0.326. The Labute approximate surface area is 93.3 Å². The van der Waals surface area contributed by atoms with Gasteiger partial charge in [0.2, 0.25) is 0 Å². The molecule has 0 unspecified atom stereocenters. The van der Waals surface area contributed by atoms with Gasteiger partial charge in [0.25, 0.3) is 0 Å². The lowest BCUT2D eigenvalue weighted by Gasteiger charge is -2.21. The first-order valence-electron chi connectivity index (χ1n) is 4.42. The zero-order valence-electron chi connectivity index (χ0n) is 8.58. The fraction of sp³-hybridized carbons (Fsp3) is 0.300. The van der Waals surface area contributed by atoms with E-state index in [1.807, 2.05) is 0 Å². The van der Waals surface area contributed by atoms with Crippen molar-refractivity contribution >= 4 is 17.6 Å². The summed E-state index contributed by atoms with van der Waals surface area (Å²) in [6.45, 7) is 3.23. The minimum Gasteiger partial charge on any atom is -0.424 e. The largest absolute Gasteiger partial charge is 0.424 e. The highest BCUT2D eigenvalue weighted by Crippen LogP contribution is 2.24. The molecule has 5 heteroatoms. The quantitative estimate of drug-likeness (QED) is 0.356. The molecule has 0 fully saturated rings. The Bertz CT molecular complexity index is 366. The predicted octanol–water partition coefficient (Wildman–Crippen LogP) is 1.49. The number of nitrogens with two attached hydrogens (primary N) is 1. The van der Waals surface area contributed by atoms with Crippen molar-refractivity contribution in [2.75, 3.05) is 0 Å². The van der Waals surface area contributed by atoms with Crippen molar-refractivity contribution < 1.29 is 9.53 Å². The number of benzene rings is 1. The third-order valence-corrected chi connectivity index (χ3v) is 2.22. The second-order valence-electron chi connectivity index (χ2n) is 3.59. The van der Waals surface area contributed by atoms with E-state index < -0.39 is 11.5 Å². The summed E-state index contributed by atoms with van der Waals surface area (Å²) in [5, 5.41) is 0.388. The molecule has 0 aliphatic heterocycles. The molecule has 0 aliphatic carbocycles. The molecule has 0 saturated carbocycles. The van der Waals surface area contributed by atoms with E-state index in [1.54, 1.807) is 38.1 Å². The summed E-state index contributed by atoms with van der Waals surface area (Å²) in [7, 11) is 0. The van der Waals surface area contributed by atoms with Crippen LogP contribution in [0.3, 0.4) is 0 Å². The third kappa shape index (κ3) is 2.92. The summed E-state index contributed by atoms with van der Waals surface area (Å²) < 4.78 is 5.09. The van der Waals surface area contributed by atoms with Gasteiger partial charge in [-0.1, -0.05) is 23.7 Å². The molecule has 3 N–H and O–H groups in total. The lowest BCUT2D eigenvalue weighted by Crippen LogP contribution is -2.52. The molecule has 0 spiro atoms. The summed E-state index contributed by atoms with van der Waals surface area (Å²) in [6, 6.07) is 6.75. The number of hydrogen-bond donors (Lipinski definition) is 2. The Morgan fingerprint density at radius 3 is 2.60 bits per heavy atom. The monoisotopic (exact) mass is 228 g/mol. The van der Waals surface area contributed by atoms with Crippen LogP contribution < -0.4 is 16.0 Å². The third-order valence-electron chi connectivity index (χ3n) is 1.91. The minimum atomic E-state index is -0.945. The lowest BCUT2D eigenvalue weighted by atomic mass is 10.1. The molecule has 0 aliphatic rings. The summed E-state index contributed by atoms with van der Waals surface area (Å²) in [4.78, 5) is 11.6. The van der Waals surface area contributed by atoms with Gasteiger partial charge in [-0.25, -0.2) is 10.2 Å². The van der Waals surface area contributed by atoms with Crippen molar-refractivity contribution in [2.45, 2.75) is 19.4 Å². The van der Waals surface area contributed by atoms with E-state index >= 15 is 0 Å². The molecule has 15 heavy (non-hydrogen) atoms. The number of rotatable bonds is 3. The van der Waals surface area contributed by atoms with E-state index in [1.165, 1.54) is 0 Å². The van der Waals surface area contributed by atoms with E-state index in [2.05, 4.69) is 5.43 Å². The zero-order chi connectivity index (χ0) is 11.5. The van der Waals surface area contributed by atoms with Gasteiger partial charge in [-0.05, 0) is 26.0 Å². The van der Waals surface area contributed by atoms with Crippen molar-refractivity contribution in [2.24, 2.45) is 5.84 Å². The van der Waals surface area contributed by atoms with Gasteiger partial charge < -0.3 is 4.74 Å². The molecule has 82 valence electrons. The second kappa shape index (κ2) is 4.61. The highest BCUT2D eigenvalue weighted by molar-refractivity contribution is 6.32. The number of esters is 1. The summed E-state index contributed by atoms with van der Waals surface area (Å²) in [5.41, 5.74) is 1.42. The van der Waals surface area contributed by atoms with Crippen LogP contribution in [0.1, 0.15) is 13.8 Å². The number of nitrogens with one attached hydrogen (secondary N) is 1. The Kier molecular flexibility index (Phi) is 3.68. The molecular formula is C10H13ClN2O2. The fourth-order valence-corrected chi connectivity index (χ4v) is 0.988. The maximum absolute atomic E-state index is 11.6. The van der Waals surface area contributed by atoms with Crippen molar-refractivity contribution in [3.63, 3.8) is 0 Å². The lowest BCUT2D eigenvalue weighted by molar-refractivity contribution is -0.140. The van der Waals surface area contributed by atoms with Crippen molar-refractivity contribution in [1.29, 1.82) is 0 Å². The molecule has 0 heterocycles. The highest BCUT2D eigenvalue weighted by Gasteiger charge is 2.28. The number of ether oxygens (including phenoxy) is 1. The topological polar surface area (TPSA) is 64.3 Å². The fourth-order valence-electron chi connectivity index (χ4n) is 0.814. The van der Waals surface area contributed by atoms with Crippen LogP contribution in [0.5, 0.6) is 5.75 Å². The van der Waals surface area contributed by atoms with Gasteiger partial charge in [-0.3, -0.25) is 5.84 Å². The van der Waals surface area contributed by atoms with E-state index in [4.69, 9.17) is 22.2 Å². The van der Waals surface area contributed by atoms with Gasteiger partial charge in [0, 0.05) is 0 Å². The molecule has 0 amide bonds. The molecule has 1 aromatic rings. The number of halogens is 1. The number of hydrazine groups is 1. The maximum atomic E-state index is 11.6. The number of hydrogen-bond acceptors (Lipinski definition) is 4. The van der Waals surface area contributed by atoms with Crippen LogP contribution in [-0.4, -0.2) is 11.5 Å².